The highest BCUT2D eigenvalue weighted by molar-refractivity contribution is 7.89. The van der Waals surface area contributed by atoms with Crippen LogP contribution in [0.25, 0.3) is 0 Å². The van der Waals surface area contributed by atoms with E-state index in [1.807, 2.05) is 0 Å². The molecule has 4 rings (SSSR count). The number of carbonyl (C=O) groups excluding carboxylic acids is 1. The molecule has 1 aliphatic heterocycles. The number of hydrogen-bond acceptors (Lipinski definition) is 5. The van der Waals surface area contributed by atoms with Crippen molar-refractivity contribution in [2.45, 2.75) is 23.2 Å². The number of nitrogens with zero attached hydrogens (tertiary/aromatic N) is 2. The number of carbonyl (C=O) groups is 1. The molecule has 0 atom stereocenters. The van der Waals surface area contributed by atoms with E-state index in [0.717, 1.165) is 18.4 Å². The Balaban J connectivity index is 1.46. The third kappa shape index (κ3) is 3.87. The molecule has 2 aliphatic rings. The van der Waals surface area contributed by atoms with Crippen LogP contribution in [0.3, 0.4) is 0 Å². The van der Waals surface area contributed by atoms with Crippen molar-refractivity contribution in [1.82, 2.24) is 9.21 Å². The van der Waals surface area contributed by atoms with Gasteiger partial charge >= 0.3 is 0 Å². The number of piperazine rings is 1. The van der Waals surface area contributed by atoms with Crippen molar-refractivity contribution in [3.63, 3.8) is 0 Å². The first kappa shape index (κ1) is 21.6. The molecule has 31 heavy (non-hydrogen) atoms. The van der Waals surface area contributed by atoms with Gasteiger partial charge in [-0.25, -0.2) is 12.8 Å². The minimum Gasteiger partial charge on any atom is -0.493 e. The Kier molecular flexibility index (Phi) is 5.65. The molecular formula is C22H25FN2O5S. The molecule has 7 nitrogen and oxygen atoms in total. The van der Waals surface area contributed by atoms with Crippen LogP contribution >= 0.6 is 0 Å². The predicted molar refractivity (Wildman–Crippen MR) is 112 cm³/mol. The van der Waals surface area contributed by atoms with Gasteiger partial charge in [-0.2, -0.15) is 4.31 Å². The van der Waals surface area contributed by atoms with Crippen molar-refractivity contribution in [3.05, 3.63) is 53.8 Å². The second-order valence-corrected chi connectivity index (χ2v) is 9.74. The second-order valence-electron chi connectivity index (χ2n) is 7.80. The summed E-state index contributed by atoms with van der Waals surface area (Å²) in [5.41, 5.74) is 0.220. The highest BCUT2D eigenvalue weighted by atomic mass is 32.2. The third-order valence-corrected chi connectivity index (χ3v) is 7.97. The van der Waals surface area contributed by atoms with E-state index in [2.05, 4.69) is 0 Å². The summed E-state index contributed by atoms with van der Waals surface area (Å²) in [6, 6.07) is 10.6. The molecule has 166 valence electrons. The van der Waals surface area contributed by atoms with Gasteiger partial charge in [0.15, 0.2) is 11.5 Å². The number of sulfonamides is 1. The normalized spacial score (nSPS) is 18.5. The molecule has 1 heterocycles. The van der Waals surface area contributed by atoms with Crippen LogP contribution in [0.1, 0.15) is 18.4 Å². The Morgan fingerprint density at radius 2 is 1.55 bits per heavy atom. The van der Waals surface area contributed by atoms with Gasteiger partial charge in [0.2, 0.25) is 15.9 Å². The fourth-order valence-electron chi connectivity index (χ4n) is 4.08. The first-order chi connectivity index (χ1) is 14.8. The summed E-state index contributed by atoms with van der Waals surface area (Å²) in [7, 11) is -0.789. The Labute approximate surface area is 181 Å². The van der Waals surface area contributed by atoms with Gasteiger partial charge < -0.3 is 14.4 Å². The number of ether oxygens (including phenoxy) is 2. The summed E-state index contributed by atoms with van der Waals surface area (Å²) in [5, 5.41) is 0. The van der Waals surface area contributed by atoms with Gasteiger partial charge in [-0.05, 0) is 42.7 Å². The lowest BCUT2D eigenvalue weighted by atomic mass is 9.94. The van der Waals surface area contributed by atoms with Crippen molar-refractivity contribution in [2.24, 2.45) is 0 Å². The van der Waals surface area contributed by atoms with Crippen LogP contribution < -0.4 is 9.47 Å². The third-order valence-electron chi connectivity index (χ3n) is 6.07. The predicted octanol–water partition coefficient (Wildman–Crippen LogP) is 2.41. The summed E-state index contributed by atoms with van der Waals surface area (Å²) < 4.78 is 51.2. The number of hydrogen-bond donors (Lipinski definition) is 0. The smallest absolute Gasteiger partial charge is 0.243 e. The largest absolute Gasteiger partial charge is 0.493 e. The van der Waals surface area contributed by atoms with Crippen molar-refractivity contribution < 1.29 is 27.1 Å². The maximum atomic E-state index is 13.3. The van der Waals surface area contributed by atoms with Crippen molar-refractivity contribution in [2.75, 3.05) is 40.4 Å². The summed E-state index contributed by atoms with van der Waals surface area (Å²) in [6.45, 7) is 1.05. The van der Waals surface area contributed by atoms with Crippen LogP contribution in [0.4, 0.5) is 4.39 Å². The highest BCUT2D eigenvalue weighted by Gasteiger charge is 2.53. The van der Waals surface area contributed by atoms with Gasteiger partial charge in [-0.1, -0.05) is 12.1 Å². The SMILES string of the molecule is COc1ccc(S(=O)(=O)N2CCN(C(=O)C3(c4ccc(F)cc4)CC3)CC2)cc1OC. The second kappa shape index (κ2) is 8.12. The molecular weight excluding hydrogens is 423 g/mol. The minimum absolute atomic E-state index is 0.0118. The van der Waals surface area contributed by atoms with Gasteiger partial charge in [-0.3, -0.25) is 4.79 Å². The summed E-state index contributed by atoms with van der Waals surface area (Å²) in [6.07, 6.45) is 1.45. The topological polar surface area (TPSA) is 76.2 Å². The number of methoxy groups -OCH3 is 2. The Bertz CT molecular complexity index is 1080. The van der Waals surface area contributed by atoms with Crippen LogP contribution in [-0.2, 0) is 20.2 Å². The van der Waals surface area contributed by atoms with Gasteiger partial charge in [0.05, 0.1) is 24.5 Å². The Morgan fingerprint density at radius 3 is 2.10 bits per heavy atom. The molecule has 0 spiro atoms. The van der Waals surface area contributed by atoms with Crippen LogP contribution in [-0.4, -0.2) is 63.9 Å². The number of rotatable bonds is 6. The van der Waals surface area contributed by atoms with Crippen molar-refractivity contribution >= 4 is 15.9 Å². The molecule has 1 aliphatic carbocycles. The highest BCUT2D eigenvalue weighted by Crippen LogP contribution is 2.49. The van der Waals surface area contributed by atoms with Crippen LogP contribution in [0.5, 0.6) is 11.5 Å². The number of amides is 1. The summed E-state index contributed by atoms with van der Waals surface area (Å²) in [5.74, 6) is 0.447. The van der Waals surface area contributed by atoms with E-state index in [1.165, 1.54) is 42.8 Å². The summed E-state index contributed by atoms with van der Waals surface area (Å²) >= 11 is 0. The monoisotopic (exact) mass is 448 g/mol. The molecule has 2 aromatic carbocycles. The van der Waals surface area contributed by atoms with E-state index in [1.54, 1.807) is 23.1 Å². The van der Waals surface area contributed by atoms with Gasteiger partial charge in [0.1, 0.15) is 5.82 Å². The van der Waals surface area contributed by atoms with Crippen LogP contribution in [0, 0.1) is 5.82 Å². The van der Waals surface area contributed by atoms with Crippen molar-refractivity contribution in [1.29, 1.82) is 0 Å². The molecule has 2 aromatic rings. The fourth-order valence-corrected chi connectivity index (χ4v) is 5.52. The van der Waals surface area contributed by atoms with Crippen LogP contribution in [0.15, 0.2) is 47.4 Å². The average molecular weight is 449 g/mol. The molecule has 1 saturated carbocycles. The standard InChI is InChI=1S/C22H25FN2O5S/c1-29-19-8-7-18(15-20(19)30-2)31(27,28)25-13-11-24(12-14-25)21(26)22(9-10-22)16-3-5-17(23)6-4-16/h3-8,15H,9-14H2,1-2H3. The van der Waals surface area contributed by atoms with E-state index < -0.39 is 15.4 Å². The Morgan fingerprint density at radius 1 is 0.935 bits per heavy atom. The lowest BCUT2D eigenvalue weighted by Crippen LogP contribution is -2.52. The lowest BCUT2D eigenvalue weighted by Gasteiger charge is -2.36. The quantitative estimate of drug-likeness (QED) is 0.678. The van der Waals surface area contributed by atoms with E-state index in [-0.39, 0.29) is 29.7 Å². The minimum atomic E-state index is -3.73. The van der Waals surface area contributed by atoms with E-state index in [9.17, 15) is 17.6 Å². The molecule has 0 unspecified atom stereocenters. The molecule has 0 bridgehead atoms. The van der Waals surface area contributed by atoms with Gasteiger partial charge in [0, 0.05) is 32.2 Å². The Hall–Kier alpha value is -2.65. The molecule has 0 aromatic heterocycles. The van der Waals surface area contributed by atoms with E-state index >= 15 is 0 Å². The van der Waals surface area contributed by atoms with Gasteiger partial charge in [-0.15, -0.1) is 0 Å². The zero-order valence-electron chi connectivity index (χ0n) is 17.5. The number of halogens is 1. The van der Waals surface area contributed by atoms with E-state index in [0.29, 0.717) is 24.6 Å². The molecule has 2 fully saturated rings. The molecule has 0 radical (unpaired) electrons. The molecule has 0 N–H and O–H groups in total. The zero-order valence-corrected chi connectivity index (χ0v) is 18.3. The maximum absolute atomic E-state index is 13.3. The first-order valence-corrected chi connectivity index (χ1v) is 11.5. The fraction of sp³-hybridized carbons (Fsp3) is 0.409. The molecule has 1 amide bonds. The average Bonchev–Trinajstić information content (AvgIpc) is 3.60. The molecule has 1 saturated heterocycles. The lowest BCUT2D eigenvalue weighted by molar-refractivity contribution is -0.135. The summed E-state index contributed by atoms with van der Waals surface area (Å²) in [4.78, 5) is 15.0. The zero-order chi connectivity index (χ0) is 22.2. The van der Waals surface area contributed by atoms with Gasteiger partial charge in [0.25, 0.3) is 0 Å². The van der Waals surface area contributed by atoms with Crippen LogP contribution in [0.2, 0.25) is 0 Å². The maximum Gasteiger partial charge on any atom is 0.243 e. The first-order valence-electron chi connectivity index (χ1n) is 10.1. The molecule has 9 heteroatoms. The van der Waals surface area contributed by atoms with E-state index in [4.69, 9.17) is 9.47 Å². The number of benzene rings is 2. The van der Waals surface area contributed by atoms with Crippen molar-refractivity contribution in [3.8, 4) is 11.5 Å².